The summed E-state index contributed by atoms with van der Waals surface area (Å²) in [5, 5.41) is 0. The molecule has 0 unspecified atom stereocenters. The van der Waals surface area contributed by atoms with E-state index in [9.17, 15) is 8.42 Å². The zero-order valence-corrected chi connectivity index (χ0v) is 12.3. The molecule has 0 saturated heterocycles. The molecule has 1 aromatic rings. The maximum Gasteiger partial charge on any atom is 0.240 e. The Kier molecular flexibility index (Phi) is 5.82. The third-order valence-corrected chi connectivity index (χ3v) is 4.46. The SMILES string of the molecule is CCCC(CCC)NS(=O)(=O)c1ccc(C)cc1. The lowest BCUT2D eigenvalue weighted by molar-refractivity contribution is 0.494. The van der Waals surface area contributed by atoms with Crippen LogP contribution in [0, 0.1) is 6.92 Å². The summed E-state index contributed by atoms with van der Waals surface area (Å²) in [6.07, 6.45) is 3.75. The number of rotatable bonds is 7. The van der Waals surface area contributed by atoms with Crippen LogP contribution in [-0.4, -0.2) is 14.5 Å². The predicted octanol–water partition coefficient (Wildman–Crippen LogP) is 3.24. The van der Waals surface area contributed by atoms with Crippen molar-refractivity contribution in [1.82, 2.24) is 4.72 Å². The molecule has 0 bridgehead atoms. The summed E-state index contributed by atoms with van der Waals surface area (Å²) in [5.74, 6) is 0. The van der Waals surface area contributed by atoms with Crippen molar-refractivity contribution in [2.75, 3.05) is 0 Å². The van der Waals surface area contributed by atoms with Gasteiger partial charge in [0.1, 0.15) is 0 Å². The van der Waals surface area contributed by atoms with Crippen LogP contribution < -0.4 is 4.72 Å². The van der Waals surface area contributed by atoms with Gasteiger partial charge in [-0.3, -0.25) is 0 Å². The Morgan fingerprint density at radius 1 is 1.06 bits per heavy atom. The van der Waals surface area contributed by atoms with E-state index in [2.05, 4.69) is 18.6 Å². The highest BCUT2D eigenvalue weighted by Gasteiger charge is 2.18. The van der Waals surface area contributed by atoms with Crippen LogP contribution in [0.15, 0.2) is 29.2 Å². The molecule has 1 rings (SSSR count). The van der Waals surface area contributed by atoms with Crippen LogP contribution in [-0.2, 0) is 10.0 Å². The fraction of sp³-hybridized carbons (Fsp3) is 0.571. The van der Waals surface area contributed by atoms with E-state index in [0.717, 1.165) is 31.2 Å². The summed E-state index contributed by atoms with van der Waals surface area (Å²) in [6.45, 7) is 6.09. The minimum Gasteiger partial charge on any atom is -0.208 e. The smallest absolute Gasteiger partial charge is 0.208 e. The first-order chi connectivity index (χ1) is 8.49. The molecule has 0 aliphatic carbocycles. The molecular formula is C14H23NO2S. The highest BCUT2D eigenvalue weighted by Crippen LogP contribution is 2.13. The van der Waals surface area contributed by atoms with Crippen LogP contribution in [0.3, 0.4) is 0 Å². The summed E-state index contributed by atoms with van der Waals surface area (Å²) in [5.41, 5.74) is 1.06. The molecule has 0 aliphatic rings. The van der Waals surface area contributed by atoms with E-state index in [-0.39, 0.29) is 6.04 Å². The lowest BCUT2D eigenvalue weighted by Crippen LogP contribution is -2.34. The number of aryl methyl sites for hydroxylation is 1. The molecule has 3 nitrogen and oxygen atoms in total. The van der Waals surface area contributed by atoms with Crippen molar-refractivity contribution in [3.63, 3.8) is 0 Å². The molecule has 0 atom stereocenters. The minimum absolute atomic E-state index is 0.0475. The normalized spacial score (nSPS) is 12.0. The largest absolute Gasteiger partial charge is 0.240 e. The standard InChI is InChI=1S/C14H23NO2S/c1-4-6-13(7-5-2)15-18(16,17)14-10-8-12(3)9-11-14/h8-11,13,15H,4-7H2,1-3H3. The molecular weight excluding hydrogens is 246 g/mol. The average molecular weight is 269 g/mol. The summed E-state index contributed by atoms with van der Waals surface area (Å²) < 4.78 is 27.2. The molecule has 0 aromatic heterocycles. The van der Waals surface area contributed by atoms with Gasteiger partial charge in [0.25, 0.3) is 0 Å². The molecule has 0 heterocycles. The van der Waals surface area contributed by atoms with Crippen molar-refractivity contribution < 1.29 is 8.42 Å². The first-order valence-electron chi connectivity index (χ1n) is 6.58. The highest BCUT2D eigenvalue weighted by molar-refractivity contribution is 7.89. The first-order valence-corrected chi connectivity index (χ1v) is 8.07. The van der Waals surface area contributed by atoms with Crippen LogP contribution in [0.4, 0.5) is 0 Å². The molecule has 1 aromatic carbocycles. The van der Waals surface area contributed by atoms with Crippen LogP contribution in [0.25, 0.3) is 0 Å². The van der Waals surface area contributed by atoms with Gasteiger partial charge in [-0.25, -0.2) is 13.1 Å². The molecule has 0 amide bonds. The average Bonchev–Trinajstić information content (AvgIpc) is 2.29. The highest BCUT2D eigenvalue weighted by atomic mass is 32.2. The molecule has 0 aliphatic heterocycles. The van der Waals surface area contributed by atoms with Gasteiger partial charge >= 0.3 is 0 Å². The van der Waals surface area contributed by atoms with Gasteiger partial charge in [-0.1, -0.05) is 44.4 Å². The van der Waals surface area contributed by atoms with Gasteiger partial charge in [-0.05, 0) is 31.9 Å². The van der Waals surface area contributed by atoms with Crippen molar-refractivity contribution in [3.05, 3.63) is 29.8 Å². The van der Waals surface area contributed by atoms with Gasteiger partial charge in [0, 0.05) is 6.04 Å². The maximum atomic E-state index is 12.2. The van der Waals surface area contributed by atoms with Gasteiger partial charge in [0.2, 0.25) is 10.0 Å². The molecule has 0 fully saturated rings. The first kappa shape index (κ1) is 15.2. The zero-order valence-electron chi connectivity index (χ0n) is 11.4. The number of hydrogen-bond donors (Lipinski definition) is 1. The fourth-order valence-corrected chi connectivity index (χ4v) is 3.27. The third-order valence-electron chi connectivity index (χ3n) is 2.93. The third kappa shape index (κ3) is 4.42. The van der Waals surface area contributed by atoms with E-state index in [0.29, 0.717) is 4.90 Å². The Balaban J connectivity index is 2.82. The number of sulfonamides is 1. The monoisotopic (exact) mass is 269 g/mol. The van der Waals surface area contributed by atoms with E-state index >= 15 is 0 Å². The molecule has 102 valence electrons. The van der Waals surface area contributed by atoms with Gasteiger partial charge in [-0.15, -0.1) is 0 Å². The maximum absolute atomic E-state index is 12.2. The molecule has 0 spiro atoms. The molecule has 4 heteroatoms. The predicted molar refractivity (Wildman–Crippen MR) is 75.1 cm³/mol. The van der Waals surface area contributed by atoms with Crippen molar-refractivity contribution in [3.8, 4) is 0 Å². The molecule has 0 saturated carbocycles. The van der Waals surface area contributed by atoms with Gasteiger partial charge in [0.15, 0.2) is 0 Å². The number of benzene rings is 1. The topological polar surface area (TPSA) is 46.2 Å². The Morgan fingerprint density at radius 2 is 1.56 bits per heavy atom. The van der Waals surface area contributed by atoms with Crippen LogP contribution in [0.2, 0.25) is 0 Å². The summed E-state index contributed by atoms with van der Waals surface area (Å²) in [4.78, 5) is 0.352. The van der Waals surface area contributed by atoms with E-state index < -0.39 is 10.0 Å². The van der Waals surface area contributed by atoms with Crippen LogP contribution >= 0.6 is 0 Å². The zero-order chi connectivity index (χ0) is 13.6. The second kappa shape index (κ2) is 6.90. The van der Waals surface area contributed by atoms with Gasteiger partial charge in [0.05, 0.1) is 4.90 Å². The fourth-order valence-electron chi connectivity index (χ4n) is 1.96. The summed E-state index contributed by atoms with van der Waals surface area (Å²) in [6, 6.07) is 7.01. The second-order valence-electron chi connectivity index (χ2n) is 4.71. The summed E-state index contributed by atoms with van der Waals surface area (Å²) >= 11 is 0. The molecule has 1 N–H and O–H groups in total. The molecule has 0 radical (unpaired) electrons. The number of nitrogens with one attached hydrogen (secondary N) is 1. The Morgan fingerprint density at radius 3 is 2.00 bits per heavy atom. The lowest BCUT2D eigenvalue weighted by Gasteiger charge is -2.17. The van der Waals surface area contributed by atoms with E-state index in [1.807, 2.05) is 19.1 Å². The van der Waals surface area contributed by atoms with Crippen LogP contribution in [0.1, 0.15) is 45.1 Å². The lowest BCUT2D eigenvalue weighted by atomic mass is 10.1. The molecule has 18 heavy (non-hydrogen) atoms. The second-order valence-corrected chi connectivity index (χ2v) is 6.42. The quantitative estimate of drug-likeness (QED) is 0.826. The van der Waals surface area contributed by atoms with Crippen molar-refractivity contribution in [2.24, 2.45) is 0 Å². The van der Waals surface area contributed by atoms with Crippen molar-refractivity contribution in [2.45, 2.75) is 57.4 Å². The van der Waals surface area contributed by atoms with Crippen molar-refractivity contribution in [1.29, 1.82) is 0 Å². The van der Waals surface area contributed by atoms with E-state index in [1.54, 1.807) is 12.1 Å². The Labute approximate surface area is 111 Å². The number of hydrogen-bond acceptors (Lipinski definition) is 2. The van der Waals surface area contributed by atoms with Gasteiger partial charge < -0.3 is 0 Å². The Bertz CT molecular complexity index is 445. The van der Waals surface area contributed by atoms with Crippen molar-refractivity contribution >= 4 is 10.0 Å². The van der Waals surface area contributed by atoms with Crippen LogP contribution in [0.5, 0.6) is 0 Å². The minimum atomic E-state index is -3.37. The van der Waals surface area contributed by atoms with E-state index in [4.69, 9.17) is 0 Å². The Hall–Kier alpha value is -0.870. The van der Waals surface area contributed by atoms with Gasteiger partial charge in [-0.2, -0.15) is 0 Å². The summed E-state index contributed by atoms with van der Waals surface area (Å²) in [7, 11) is -3.37. The van der Waals surface area contributed by atoms with E-state index in [1.165, 1.54) is 0 Å².